The molecule has 1 aliphatic rings. The molecule has 2 N–H and O–H groups in total. The smallest absolute Gasteiger partial charge is 0.307 e. The van der Waals surface area contributed by atoms with E-state index in [1.165, 1.54) is 0 Å². The summed E-state index contributed by atoms with van der Waals surface area (Å²) in [4.78, 5) is 10.8. The molecule has 4 heteroatoms. The highest BCUT2D eigenvalue weighted by molar-refractivity contribution is 5.68. The number of aryl methyl sites for hydroxylation is 2. The molecule has 4 nitrogen and oxygen atoms in total. The predicted octanol–water partition coefficient (Wildman–Crippen LogP) is 1.50. The number of carboxylic acids is 1. The van der Waals surface area contributed by atoms with Crippen molar-refractivity contribution in [3.8, 4) is 5.75 Å². The van der Waals surface area contributed by atoms with Crippen LogP contribution in [0.15, 0.2) is 18.2 Å². The Hall–Kier alpha value is -1.55. The van der Waals surface area contributed by atoms with Gasteiger partial charge in [-0.2, -0.15) is 0 Å². The van der Waals surface area contributed by atoms with Crippen LogP contribution in [0.5, 0.6) is 5.75 Å². The van der Waals surface area contributed by atoms with Gasteiger partial charge in [-0.15, -0.1) is 0 Å². The average molecular weight is 235 g/mol. The number of hydrogen-bond donors (Lipinski definition) is 2. The highest BCUT2D eigenvalue weighted by Crippen LogP contribution is 2.26. The summed E-state index contributed by atoms with van der Waals surface area (Å²) in [6.45, 7) is 5.18. The Morgan fingerprint density at radius 3 is 2.35 bits per heavy atom. The van der Waals surface area contributed by atoms with Gasteiger partial charge >= 0.3 is 5.97 Å². The normalized spacial score (nSPS) is 17.3. The van der Waals surface area contributed by atoms with E-state index in [1.54, 1.807) is 0 Å². The second-order valence-corrected chi connectivity index (χ2v) is 4.78. The van der Waals surface area contributed by atoms with Gasteiger partial charge in [0.15, 0.2) is 0 Å². The Kier molecular flexibility index (Phi) is 3.07. The van der Waals surface area contributed by atoms with Crippen LogP contribution in [0.1, 0.15) is 17.5 Å². The summed E-state index contributed by atoms with van der Waals surface area (Å²) in [5.41, 5.74) is 1.67. The van der Waals surface area contributed by atoms with Crippen molar-refractivity contribution in [1.29, 1.82) is 0 Å². The monoisotopic (exact) mass is 235 g/mol. The molecule has 1 aromatic carbocycles. The summed E-state index contributed by atoms with van der Waals surface area (Å²) in [6, 6.07) is 5.94. The quantitative estimate of drug-likeness (QED) is 0.830. The fourth-order valence-electron chi connectivity index (χ4n) is 2.15. The summed E-state index contributed by atoms with van der Waals surface area (Å²) in [7, 11) is 0. The van der Waals surface area contributed by atoms with Crippen LogP contribution in [0.25, 0.3) is 0 Å². The van der Waals surface area contributed by atoms with Crippen molar-refractivity contribution in [2.75, 3.05) is 13.1 Å². The zero-order valence-corrected chi connectivity index (χ0v) is 10.1. The van der Waals surface area contributed by atoms with E-state index in [-0.39, 0.29) is 6.42 Å². The summed E-state index contributed by atoms with van der Waals surface area (Å²) in [5, 5.41) is 12.0. The van der Waals surface area contributed by atoms with Gasteiger partial charge in [0, 0.05) is 13.1 Å². The Morgan fingerprint density at radius 2 is 1.94 bits per heavy atom. The van der Waals surface area contributed by atoms with Gasteiger partial charge < -0.3 is 15.2 Å². The van der Waals surface area contributed by atoms with E-state index >= 15 is 0 Å². The second-order valence-electron chi connectivity index (χ2n) is 4.78. The molecule has 2 rings (SSSR count). The lowest BCUT2D eigenvalue weighted by molar-refractivity contribution is -0.143. The minimum atomic E-state index is -0.823. The molecule has 0 atom stereocenters. The van der Waals surface area contributed by atoms with Crippen LogP contribution in [0, 0.1) is 13.8 Å². The third-order valence-electron chi connectivity index (χ3n) is 2.90. The summed E-state index contributed by atoms with van der Waals surface area (Å²) >= 11 is 0. The third-order valence-corrected chi connectivity index (χ3v) is 2.90. The fourth-order valence-corrected chi connectivity index (χ4v) is 2.15. The van der Waals surface area contributed by atoms with Crippen LogP contribution in [0.3, 0.4) is 0 Å². The molecule has 1 fully saturated rings. The molecule has 0 bridgehead atoms. The molecule has 1 aromatic rings. The van der Waals surface area contributed by atoms with Crippen molar-refractivity contribution < 1.29 is 14.6 Å². The maximum absolute atomic E-state index is 10.8. The lowest BCUT2D eigenvalue weighted by atomic mass is 9.92. The number of rotatable bonds is 4. The van der Waals surface area contributed by atoms with E-state index < -0.39 is 11.6 Å². The fraction of sp³-hybridized carbons (Fsp3) is 0.462. The minimum Gasteiger partial charge on any atom is -0.484 e. The van der Waals surface area contributed by atoms with Gasteiger partial charge in [0.1, 0.15) is 11.4 Å². The maximum Gasteiger partial charge on any atom is 0.307 e. The first-order valence-corrected chi connectivity index (χ1v) is 5.69. The van der Waals surface area contributed by atoms with Gasteiger partial charge in [0.05, 0.1) is 6.42 Å². The molecule has 0 aromatic heterocycles. The van der Waals surface area contributed by atoms with Gasteiger partial charge in [-0.05, 0) is 37.1 Å². The molecular weight excluding hydrogens is 218 g/mol. The molecule has 1 heterocycles. The number of benzene rings is 1. The molecule has 0 spiro atoms. The largest absolute Gasteiger partial charge is 0.484 e. The Balaban J connectivity index is 2.15. The average Bonchev–Trinajstić information content (AvgIpc) is 2.11. The van der Waals surface area contributed by atoms with Crippen molar-refractivity contribution in [1.82, 2.24) is 5.32 Å². The van der Waals surface area contributed by atoms with Crippen LogP contribution < -0.4 is 10.1 Å². The summed E-state index contributed by atoms with van der Waals surface area (Å²) in [6.07, 6.45) is 0.0347. The van der Waals surface area contributed by atoms with Crippen LogP contribution in [0.2, 0.25) is 0 Å². The van der Waals surface area contributed by atoms with Crippen molar-refractivity contribution in [3.05, 3.63) is 29.3 Å². The molecule has 0 aliphatic carbocycles. The maximum atomic E-state index is 10.8. The summed E-state index contributed by atoms with van der Waals surface area (Å²) < 4.78 is 5.87. The first kappa shape index (κ1) is 11.9. The van der Waals surface area contributed by atoms with Crippen molar-refractivity contribution in [2.45, 2.75) is 25.9 Å². The van der Waals surface area contributed by atoms with Crippen molar-refractivity contribution in [3.63, 3.8) is 0 Å². The number of ether oxygens (including phenoxy) is 1. The number of carbonyl (C=O) groups is 1. The second kappa shape index (κ2) is 4.37. The topological polar surface area (TPSA) is 58.6 Å². The molecule has 92 valence electrons. The van der Waals surface area contributed by atoms with E-state index in [9.17, 15) is 4.79 Å². The van der Waals surface area contributed by atoms with E-state index in [4.69, 9.17) is 9.84 Å². The molecule has 0 unspecified atom stereocenters. The van der Waals surface area contributed by atoms with Crippen molar-refractivity contribution in [2.24, 2.45) is 0 Å². The van der Waals surface area contributed by atoms with E-state index in [1.807, 2.05) is 26.0 Å². The van der Waals surface area contributed by atoms with E-state index in [2.05, 4.69) is 11.4 Å². The molecule has 1 saturated heterocycles. The van der Waals surface area contributed by atoms with Crippen LogP contribution in [-0.2, 0) is 4.79 Å². The Bertz CT molecular complexity index is 418. The van der Waals surface area contributed by atoms with Gasteiger partial charge in [0.25, 0.3) is 0 Å². The molecule has 0 saturated carbocycles. The van der Waals surface area contributed by atoms with Gasteiger partial charge in [-0.3, -0.25) is 4.79 Å². The SMILES string of the molecule is Cc1cc(C)cc(OC2(CC(=O)O)CNC2)c1. The van der Waals surface area contributed by atoms with Crippen LogP contribution >= 0.6 is 0 Å². The van der Waals surface area contributed by atoms with Gasteiger partial charge in [-0.25, -0.2) is 0 Å². The first-order valence-electron chi connectivity index (χ1n) is 5.69. The lowest BCUT2D eigenvalue weighted by Crippen LogP contribution is -2.64. The van der Waals surface area contributed by atoms with Gasteiger partial charge in [0.2, 0.25) is 0 Å². The van der Waals surface area contributed by atoms with E-state index in [0.717, 1.165) is 16.9 Å². The first-order chi connectivity index (χ1) is 7.99. The molecule has 0 radical (unpaired) electrons. The Morgan fingerprint density at radius 1 is 1.35 bits per heavy atom. The third kappa shape index (κ3) is 2.77. The molecule has 0 amide bonds. The lowest BCUT2D eigenvalue weighted by Gasteiger charge is -2.41. The molecular formula is C13H17NO3. The highest BCUT2D eigenvalue weighted by atomic mass is 16.5. The standard InChI is InChI=1S/C13H17NO3/c1-9-3-10(2)5-11(4-9)17-13(6-12(15)16)7-14-8-13/h3-5,14H,6-8H2,1-2H3,(H,15,16). The minimum absolute atomic E-state index is 0.0347. The Labute approximate surface area is 101 Å². The predicted molar refractivity (Wildman–Crippen MR) is 64.4 cm³/mol. The summed E-state index contributed by atoms with van der Waals surface area (Å²) in [5.74, 6) is -0.0684. The van der Waals surface area contributed by atoms with Crippen LogP contribution in [0.4, 0.5) is 0 Å². The van der Waals surface area contributed by atoms with Gasteiger partial charge in [-0.1, -0.05) is 6.07 Å². The number of aliphatic carboxylic acids is 1. The number of hydrogen-bond acceptors (Lipinski definition) is 3. The molecule has 1 aliphatic heterocycles. The van der Waals surface area contributed by atoms with E-state index in [0.29, 0.717) is 13.1 Å². The zero-order chi connectivity index (χ0) is 12.5. The zero-order valence-electron chi connectivity index (χ0n) is 10.1. The highest BCUT2D eigenvalue weighted by Gasteiger charge is 2.41. The number of nitrogens with one attached hydrogen (secondary N) is 1. The van der Waals surface area contributed by atoms with Crippen LogP contribution in [-0.4, -0.2) is 29.8 Å². The number of carboxylic acid groups (broad SMARTS) is 1. The van der Waals surface area contributed by atoms with Crippen molar-refractivity contribution >= 4 is 5.97 Å². The molecule has 17 heavy (non-hydrogen) atoms.